The highest BCUT2D eigenvalue weighted by Crippen LogP contribution is 2.32. The highest BCUT2D eigenvalue weighted by molar-refractivity contribution is 8.13. The molecule has 0 saturated heterocycles. The largest absolute Gasteiger partial charge is 0.497 e. The summed E-state index contributed by atoms with van der Waals surface area (Å²) in [5.41, 5.74) is 4.20. The van der Waals surface area contributed by atoms with E-state index in [1.165, 1.54) is 11.8 Å². The van der Waals surface area contributed by atoms with Crippen molar-refractivity contribution in [3.8, 4) is 5.75 Å². The number of aliphatic imine (C=N–C) groups is 1. The number of rotatable bonds is 7. The summed E-state index contributed by atoms with van der Waals surface area (Å²) in [4.78, 5) is 24.3. The van der Waals surface area contributed by atoms with E-state index in [0.717, 1.165) is 34.5 Å². The molecule has 0 N–H and O–H groups in total. The van der Waals surface area contributed by atoms with Crippen LogP contribution in [-0.2, 0) is 17.0 Å². The van der Waals surface area contributed by atoms with E-state index in [9.17, 15) is 4.79 Å². The van der Waals surface area contributed by atoms with E-state index in [0.29, 0.717) is 34.3 Å². The zero-order valence-corrected chi connectivity index (χ0v) is 20.8. The standard InChI is InChI=1S/C26H28N4O3S/c1-16(2)10-24-28-23(29-33-24)15-34-26-27-22(14-19-6-8-21(32-5)9-7-19)25(31)30(26)20-12-17(3)11-18(4)13-20/h6-9,11-14,16H,10,15H2,1-5H3/b22-14-. The van der Waals surface area contributed by atoms with Gasteiger partial charge in [-0.25, -0.2) is 4.99 Å². The third kappa shape index (κ3) is 5.56. The Balaban J connectivity index is 1.63. The molecule has 0 unspecified atom stereocenters. The van der Waals surface area contributed by atoms with Crippen LogP contribution in [0.25, 0.3) is 6.08 Å². The Morgan fingerprint density at radius 2 is 1.82 bits per heavy atom. The second-order valence-electron chi connectivity index (χ2n) is 8.67. The third-order valence-electron chi connectivity index (χ3n) is 5.14. The minimum absolute atomic E-state index is 0.170. The van der Waals surface area contributed by atoms with Crippen molar-refractivity contribution < 1.29 is 14.1 Å². The SMILES string of the molecule is COc1ccc(/C=C2\N=C(SCc3noc(CC(C)C)n3)N(c3cc(C)cc(C)c3)C2=O)cc1. The molecule has 7 nitrogen and oxygen atoms in total. The van der Waals surface area contributed by atoms with Gasteiger partial charge in [-0.3, -0.25) is 9.69 Å². The molecule has 1 aromatic heterocycles. The van der Waals surface area contributed by atoms with Gasteiger partial charge in [0.1, 0.15) is 11.4 Å². The fourth-order valence-corrected chi connectivity index (χ4v) is 4.52. The average Bonchev–Trinajstić information content (AvgIpc) is 3.35. The maximum absolute atomic E-state index is 13.5. The molecule has 34 heavy (non-hydrogen) atoms. The predicted octanol–water partition coefficient (Wildman–Crippen LogP) is 5.57. The Morgan fingerprint density at radius 1 is 1.12 bits per heavy atom. The van der Waals surface area contributed by atoms with Crippen LogP contribution in [0.4, 0.5) is 5.69 Å². The Morgan fingerprint density at radius 3 is 2.47 bits per heavy atom. The summed E-state index contributed by atoms with van der Waals surface area (Å²) in [5, 5.41) is 4.67. The summed E-state index contributed by atoms with van der Waals surface area (Å²) in [5.74, 6) is 2.68. The number of methoxy groups -OCH3 is 1. The minimum atomic E-state index is -0.170. The third-order valence-corrected chi connectivity index (χ3v) is 6.07. The maximum atomic E-state index is 13.5. The number of hydrogen-bond donors (Lipinski definition) is 0. The van der Waals surface area contributed by atoms with Gasteiger partial charge in [-0.2, -0.15) is 4.98 Å². The number of aromatic nitrogens is 2. The highest BCUT2D eigenvalue weighted by Gasteiger charge is 2.32. The van der Waals surface area contributed by atoms with Crippen LogP contribution in [0.1, 0.15) is 42.3 Å². The number of aryl methyl sites for hydroxylation is 2. The Labute approximate surface area is 203 Å². The molecule has 8 heteroatoms. The van der Waals surface area contributed by atoms with E-state index in [-0.39, 0.29) is 5.91 Å². The zero-order chi connectivity index (χ0) is 24.2. The van der Waals surface area contributed by atoms with E-state index in [1.54, 1.807) is 18.1 Å². The van der Waals surface area contributed by atoms with Gasteiger partial charge in [0.05, 0.1) is 18.6 Å². The molecule has 0 fully saturated rings. The Bertz CT molecular complexity index is 1220. The van der Waals surface area contributed by atoms with Crippen molar-refractivity contribution in [1.29, 1.82) is 0 Å². The van der Waals surface area contributed by atoms with Gasteiger partial charge >= 0.3 is 0 Å². The van der Waals surface area contributed by atoms with Crippen molar-refractivity contribution in [1.82, 2.24) is 10.1 Å². The Hall–Kier alpha value is -3.39. The molecule has 4 rings (SSSR count). The summed E-state index contributed by atoms with van der Waals surface area (Å²) in [6, 6.07) is 13.6. The number of amidine groups is 1. The van der Waals surface area contributed by atoms with E-state index >= 15 is 0 Å². The molecule has 0 bridgehead atoms. The molecule has 0 aliphatic carbocycles. The molecule has 1 aliphatic rings. The molecule has 1 amide bonds. The number of thioether (sulfide) groups is 1. The van der Waals surface area contributed by atoms with Gasteiger partial charge in [-0.1, -0.05) is 49.0 Å². The topological polar surface area (TPSA) is 80.8 Å². The quantitative estimate of drug-likeness (QED) is 0.415. The summed E-state index contributed by atoms with van der Waals surface area (Å²) >= 11 is 1.42. The van der Waals surface area contributed by atoms with Crippen LogP contribution in [0.5, 0.6) is 5.75 Å². The highest BCUT2D eigenvalue weighted by atomic mass is 32.2. The van der Waals surface area contributed by atoms with Crippen LogP contribution in [0, 0.1) is 19.8 Å². The minimum Gasteiger partial charge on any atom is -0.497 e. The predicted molar refractivity (Wildman–Crippen MR) is 136 cm³/mol. The number of amides is 1. The fourth-order valence-electron chi connectivity index (χ4n) is 3.67. The maximum Gasteiger partial charge on any atom is 0.283 e. The lowest BCUT2D eigenvalue weighted by atomic mass is 10.1. The van der Waals surface area contributed by atoms with Crippen LogP contribution >= 0.6 is 11.8 Å². The van der Waals surface area contributed by atoms with Crippen molar-refractivity contribution in [2.24, 2.45) is 10.9 Å². The first-order valence-electron chi connectivity index (χ1n) is 11.1. The zero-order valence-electron chi connectivity index (χ0n) is 20.0. The molecule has 2 heterocycles. The molecule has 0 saturated carbocycles. The second kappa shape index (κ2) is 10.3. The first-order valence-corrected chi connectivity index (χ1v) is 12.1. The van der Waals surface area contributed by atoms with Gasteiger partial charge in [-0.15, -0.1) is 0 Å². The normalized spacial score (nSPS) is 14.9. The summed E-state index contributed by atoms with van der Waals surface area (Å²) in [7, 11) is 1.62. The van der Waals surface area contributed by atoms with E-state index in [4.69, 9.17) is 14.3 Å². The molecule has 3 aromatic rings. The second-order valence-corrected chi connectivity index (χ2v) is 9.62. The van der Waals surface area contributed by atoms with Crippen LogP contribution < -0.4 is 9.64 Å². The molecule has 1 aliphatic heterocycles. The lowest BCUT2D eigenvalue weighted by Crippen LogP contribution is -2.30. The lowest BCUT2D eigenvalue weighted by molar-refractivity contribution is -0.113. The summed E-state index contributed by atoms with van der Waals surface area (Å²) in [6.07, 6.45) is 2.53. The monoisotopic (exact) mass is 476 g/mol. The lowest BCUT2D eigenvalue weighted by Gasteiger charge is -2.18. The van der Waals surface area contributed by atoms with Gasteiger partial charge in [0.15, 0.2) is 11.0 Å². The molecular weight excluding hydrogens is 448 g/mol. The smallest absolute Gasteiger partial charge is 0.283 e. The number of benzene rings is 2. The number of ether oxygens (including phenoxy) is 1. The first kappa shape index (κ1) is 23.8. The van der Waals surface area contributed by atoms with Crippen molar-refractivity contribution >= 4 is 34.6 Å². The molecule has 176 valence electrons. The van der Waals surface area contributed by atoms with Gasteiger partial charge in [0.2, 0.25) is 5.89 Å². The van der Waals surface area contributed by atoms with E-state index in [2.05, 4.69) is 30.1 Å². The van der Waals surface area contributed by atoms with Crippen LogP contribution in [0.15, 0.2) is 57.7 Å². The van der Waals surface area contributed by atoms with Crippen molar-refractivity contribution in [2.45, 2.75) is 39.9 Å². The molecule has 0 spiro atoms. The van der Waals surface area contributed by atoms with E-state index in [1.807, 2.05) is 50.2 Å². The summed E-state index contributed by atoms with van der Waals surface area (Å²) < 4.78 is 10.6. The van der Waals surface area contributed by atoms with Crippen molar-refractivity contribution in [3.05, 3.63) is 76.6 Å². The van der Waals surface area contributed by atoms with Gasteiger partial charge in [-0.05, 0) is 66.8 Å². The Kier molecular flexibility index (Phi) is 7.17. The summed E-state index contributed by atoms with van der Waals surface area (Å²) in [6.45, 7) is 8.25. The number of anilines is 1. The van der Waals surface area contributed by atoms with E-state index < -0.39 is 0 Å². The van der Waals surface area contributed by atoms with Crippen LogP contribution in [0.3, 0.4) is 0 Å². The van der Waals surface area contributed by atoms with Crippen LogP contribution in [-0.4, -0.2) is 28.3 Å². The van der Waals surface area contributed by atoms with Crippen molar-refractivity contribution in [3.63, 3.8) is 0 Å². The van der Waals surface area contributed by atoms with Crippen molar-refractivity contribution in [2.75, 3.05) is 12.0 Å². The number of carbonyl (C=O) groups is 1. The number of hydrogen-bond acceptors (Lipinski definition) is 7. The average molecular weight is 477 g/mol. The molecule has 2 aromatic carbocycles. The molecular formula is C26H28N4O3S. The number of nitrogens with zero attached hydrogens (tertiary/aromatic N) is 4. The fraction of sp³-hybridized carbons (Fsp3) is 0.308. The molecule has 0 radical (unpaired) electrons. The van der Waals surface area contributed by atoms with Gasteiger partial charge in [0.25, 0.3) is 5.91 Å². The molecule has 0 atom stereocenters. The van der Waals surface area contributed by atoms with Gasteiger partial charge in [0, 0.05) is 6.42 Å². The number of carbonyl (C=O) groups excluding carboxylic acids is 1. The first-order chi connectivity index (χ1) is 16.3. The van der Waals surface area contributed by atoms with Crippen LogP contribution in [0.2, 0.25) is 0 Å². The van der Waals surface area contributed by atoms with Gasteiger partial charge < -0.3 is 9.26 Å².